The highest BCUT2D eigenvalue weighted by atomic mass is 35.5. The van der Waals surface area contributed by atoms with Gasteiger partial charge in [-0.1, -0.05) is 32.4 Å². The van der Waals surface area contributed by atoms with Crippen LogP contribution in [-0.4, -0.2) is 25.5 Å². The lowest BCUT2D eigenvalue weighted by Crippen LogP contribution is -2.30. The van der Waals surface area contributed by atoms with Crippen LogP contribution in [0.1, 0.15) is 32.9 Å². The van der Waals surface area contributed by atoms with E-state index < -0.39 is 23.1 Å². The van der Waals surface area contributed by atoms with Crippen LogP contribution in [-0.2, 0) is 11.0 Å². The fourth-order valence-corrected chi connectivity index (χ4v) is 3.48. The molecule has 0 aliphatic rings. The number of aromatic nitrogens is 4. The van der Waals surface area contributed by atoms with E-state index in [2.05, 4.69) is 20.4 Å². The second-order valence-electron chi connectivity index (χ2n) is 8.55. The summed E-state index contributed by atoms with van der Waals surface area (Å²) in [6.07, 6.45) is -1.64. The van der Waals surface area contributed by atoms with Crippen molar-refractivity contribution in [2.45, 2.75) is 33.4 Å². The summed E-state index contributed by atoms with van der Waals surface area (Å²) in [4.78, 5) is 20.4. The molecule has 3 aromatic heterocycles. The molecule has 0 saturated heterocycles. The van der Waals surface area contributed by atoms with Gasteiger partial charge in [0.15, 0.2) is 11.3 Å². The molecule has 0 spiro atoms. The molecule has 1 N–H and O–H groups in total. The molecule has 0 unspecified atom stereocenters. The average molecular weight is 506 g/mol. The van der Waals surface area contributed by atoms with Crippen LogP contribution in [0.5, 0.6) is 0 Å². The quantitative estimate of drug-likeness (QED) is 0.308. The molecule has 35 heavy (non-hydrogen) atoms. The molecule has 4 aromatic rings. The molecule has 0 saturated carbocycles. The van der Waals surface area contributed by atoms with Crippen LogP contribution in [0.2, 0.25) is 5.02 Å². The number of imidazole rings is 1. The summed E-state index contributed by atoms with van der Waals surface area (Å²) in [5, 5.41) is 6.97. The number of amides is 1. The number of hydrogen-bond donors (Lipinski definition) is 1. The fraction of sp³-hybridized carbons (Fsp3) is 0.250. The smallest absolute Gasteiger partial charge is 0.324 e. The van der Waals surface area contributed by atoms with Crippen LogP contribution < -0.4 is 5.32 Å². The van der Waals surface area contributed by atoms with Crippen molar-refractivity contribution < 1.29 is 22.4 Å². The number of carbonyl (C=O) groups is 1. The maximum atomic E-state index is 14.8. The molecule has 0 fully saturated rings. The van der Waals surface area contributed by atoms with Gasteiger partial charge in [0.25, 0.3) is 0 Å². The Morgan fingerprint density at radius 2 is 1.86 bits per heavy atom. The van der Waals surface area contributed by atoms with E-state index in [-0.39, 0.29) is 44.8 Å². The van der Waals surface area contributed by atoms with Crippen molar-refractivity contribution in [2.24, 2.45) is 5.41 Å². The van der Waals surface area contributed by atoms with Crippen molar-refractivity contribution >= 4 is 28.8 Å². The van der Waals surface area contributed by atoms with Gasteiger partial charge in [-0.2, -0.15) is 18.3 Å². The Morgan fingerprint density at radius 3 is 2.54 bits per heavy atom. The third-order valence-electron chi connectivity index (χ3n) is 5.75. The lowest BCUT2D eigenvalue weighted by Gasteiger charge is -2.22. The van der Waals surface area contributed by atoms with Crippen molar-refractivity contribution in [1.29, 1.82) is 0 Å². The Hall–Kier alpha value is -3.53. The van der Waals surface area contributed by atoms with Gasteiger partial charge < -0.3 is 5.32 Å². The Bertz CT molecular complexity index is 1430. The molecular weight excluding hydrogens is 486 g/mol. The SMILES string of the molecule is CCC(C)(C)C(=O)Nc1cc(-c2cn3nc(-c4cccnc4C(F)(F)F)ccc3n2)c(F)cc1Cl. The lowest BCUT2D eigenvalue weighted by molar-refractivity contribution is -0.140. The maximum absolute atomic E-state index is 14.8. The lowest BCUT2D eigenvalue weighted by atomic mass is 9.89. The number of hydrogen-bond acceptors (Lipinski definition) is 4. The van der Waals surface area contributed by atoms with Gasteiger partial charge in [0, 0.05) is 22.7 Å². The molecule has 0 aliphatic heterocycles. The normalized spacial score (nSPS) is 12.2. The molecule has 11 heteroatoms. The van der Waals surface area contributed by atoms with Crippen LogP contribution >= 0.6 is 11.6 Å². The van der Waals surface area contributed by atoms with Crippen LogP contribution in [0.3, 0.4) is 0 Å². The van der Waals surface area contributed by atoms with Crippen molar-refractivity contribution in [2.75, 3.05) is 5.32 Å². The Morgan fingerprint density at radius 1 is 1.11 bits per heavy atom. The molecule has 0 atom stereocenters. The number of fused-ring (bicyclic) bond motifs is 1. The van der Waals surface area contributed by atoms with E-state index in [1.54, 1.807) is 13.8 Å². The highest BCUT2D eigenvalue weighted by Gasteiger charge is 2.36. The van der Waals surface area contributed by atoms with Crippen LogP contribution in [0.15, 0.2) is 48.8 Å². The van der Waals surface area contributed by atoms with Gasteiger partial charge >= 0.3 is 6.18 Å². The molecule has 0 radical (unpaired) electrons. The van der Waals surface area contributed by atoms with E-state index in [0.29, 0.717) is 6.42 Å². The molecule has 0 aliphatic carbocycles. The van der Waals surface area contributed by atoms with Gasteiger partial charge in [0.2, 0.25) is 5.91 Å². The zero-order valence-electron chi connectivity index (χ0n) is 18.9. The minimum absolute atomic E-state index is 0.0203. The fourth-order valence-electron chi connectivity index (χ4n) is 3.29. The van der Waals surface area contributed by atoms with Gasteiger partial charge in [-0.15, -0.1) is 0 Å². The zero-order chi connectivity index (χ0) is 25.5. The predicted molar refractivity (Wildman–Crippen MR) is 124 cm³/mol. The van der Waals surface area contributed by atoms with Crippen molar-refractivity contribution in [3.63, 3.8) is 0 Å². The second kappa shape index (κ2) is 8.92. The number of alkyl halides is 3. The summed E-state index contributed by atoms with van der Waals surface area (Å²) >= 11 is 6.15. The Balaban J connectivity index is 1.75. The molecule has 6 nitrogen and oxygen atoms in total. The second-order valence-corrected chi connectivity index (χ2v) is 8.96. The van der Waals surface area contributed by atoms with E-state index in [4.69, 9.17) is 11.6 Å². The first-order valence-corrected chi connectivity index (χ1v) is 11.0. The highest BCUT2D eigenvalue weighted by Crippen LogP contribution is 2.36. The summed E-state index contributed by atoms with van der Waals surface area (Å²) in [5.74, 6) is -0.962. The summed E-state index contributed by atoms with van der Waals surface area (Å²) in [5.41, 5.74) is -1.20. The van der Waals surface area contributed by atoms with Gasteiger partial charge in [-0.05, 0) is 42.8 Å². The summed E-state index contributed by atoms with van der Waals surface area (Å²) in [7, 11) is 0. The minimum Gasteiger partial charge on any atom is -0.324 e. The number of nitrogens with one attached hydrogen (secondary N) is 1. The summed E-state index contributed by atoms with van der Waals surface area (Å²) < 4.78 is 56.2. The zero-order valence-corrected chi connectivity index (χ0v) is 19.7. The Kier molecular flexibility index (Phi) is 6.27. The topological polar surface area (TPSA) is 72.2 Å². The number of pyridine rings is 1. The number of benzene rings is 1. The third kappa shape index (κ3) is 4.84. The average Bonchev–Trinajstić information content (AvgIpc) is 3.23. The highest BCUT2D eigenvalue weighted by molar-refractivity contribution is 6.34. The molecule has 0 bridgehead atoms. The number of nitrogens with zero attached hydrogens (tertiary/aromatic N) is 4. The standard InChI is InChI=1S/C24H20ClF4N5O/c1-4-23(2,3)22(35)32-18-10-14(16(26)11-15(18)25)19-12-34-20(31-19)8-7-17(33-34)13-6-5-9-30-21(13)24(27,28)29/h5-12H,4H2,1-3H3,(H,32,35). The minimum atomic E-state index is -4.66. The number of halogens is 5. The predicted octanol–water partition coefficient (Wildman–Crippen LogP) is 6.64. The molecule has 3 heterocycles. The number of rotatable bonds is 5. The van der Waals surface area contributed by atoms with Crippen LogP contribution in [0.4, 0.5) is 23.2 Å². The van der Waals surface area contributed by atoms with Gasteiger partial charge in [-0.25, -0.2) is 13.9 Å². The first-order chi connectivity index (χ1) is 16.4. The van der Waals surface area contributed by atoms with Gasteiger partial charge in [-0.3, -0.25) is 9.78 Å². The van der Waals surface area contributed by atoms with E-state index >= 15 is 0 Å². The monoisotopic (exact) mass is 505 g/mol. The summed E-state index contributed by atoms with van der Waals surface area (Å²) in [6, 6.07) is 7.95. The Labute approximate surface area is 203 Å². The van der Waals surface area contributed by atoms with Crippen molar-refractivity contribution in [3.8, 4) is 22.5 Å². The molecular formula is C24H20ClF4N5O. The first-order valence-electron chi connectivity index (χ1n) is 10.6. The number of anilines is 1. The van der Waals surface area contributed by atoms with Crippen molar-refractivity contribution in [3.05, 3.63) is 65.3 Å². The first kappa shape index (κ1) is 24.6. The summed E-state index contributed by atoms with van der Waals surface area (Å²) in [6.45, 7) is 5.43. The molecule has 1 aromatic carbocycles. The van der Waals surface area contributed by atoms with Crippen LogP contribution in [0.25, 0.3) is 28.2 Å². The van der Waals surface area contributed by atoms with Crippen molar-refractivity contribution in [1.82, 2.24) is 19.6 Å². The largest absolute Gasteiger partial charge is 0.434 e. The molecule has 182 valence electrons. The maximum Gasteiger partial charge on any atom is 0.434 e. The van der Waals surface area contributed by atoms with Gasteiger partial charge in [0.1, 0.15) is 5.82 Å². The van der Waals surface area contributed by atoms with E-state index in [1.165, 1.54) is 41.0 Å². The molecule has 4 rings (SSSR count). The van der Waals surface area contributed by atoms with Gasteiger partial charge in [0.05, 0.1) is 28.3 Å². The third-order valence-corrected chi connectivity index (χ3v) is 6.06. The molecule has 1 amide bonds. The van der Waals surface area contributed by atoms with E-state index in [0.717, 1.165) is 12.3 Å². The van der Waals surface area contributed by atoms with E-state index in [9.17, 15) is 22.4 Å². The number of carbonyl (C=O) groups excluding carboxylic acids is 1. The van der Waals surface area contributed by atoms with Crippen LogP contribution in [0, 0.1) is 11.2 Å². The van der Waals surface area contributed by atoms with E-state index in [1.807, 2.05) is 6.92 Å².